The van der Waals surface area contributed by atoms with Crippen LogP contribution >= 0.6 is 6.34 Å². The van der Waals surface area contributed by atoms with Crippen LogP contribution in [0.2, 0.25) is 0 Å². The van der Waals surface area contributed by atoms with Crippen LogP contribution in [0.25, 0.3) is 0 Å². The van der Waals surface area contributed by atoms with Crippen LogP contribution in [0.1, 0.15) is 33.3 Å². The number of para-hydroxylation sites is 1. The molecule has 1 atom stereocenters. The number of hydrazone groups is 1. The van der Waals surface area contributed by atoms with E-state index in [1.54, 1.807) is 0 Å². The highest BCUT2D eigenvalue weighted by molar-refractivity contribution is 8.14. The SMILES string of the molecule is CCN(CC)[P@]1(=S)/C(=C2\N(C)c3ccccc3C2(C)C)C=NN1C. The van der Waals surface area contributed by atoms with Gasteiger partial charge >= 0.3 is 0 Å². The molecule has 0 saturated heterocycles. The van der Waals surface area contributed by atoms with Gasteiger partial charge in [-0.1, -0.05) is 57.7 Å². The fourth-order valence-corrected chi connectivity index (χ4v) is 8.10. The fraction of sp³-hybridized carbons (Fsp3) is 0.500. The maximum absolute atomic E-state index is 6.29. The van der Waals surface area contributed by atoms with Crippen LogP contribution in [-0.4, -0.2) is 42.8 Å². The first-order valence-corrected chi connectivity index (χ1v) is 11.2. The second-order valence-electron chi connectivity index (χ2n) is 6.85. The molecule has 2 heterocycles. The van der Waals surface area contributed by atoms with Crippen LogP contribution in [0.5, 0.6) is 0 Å². The lowest BCUT2D eigenvalue weighted by Gasteiger charge is -2.38. The number of fused-ring (bicyclic) bond motifs is 1. The van der Waals surface area contributed by atoms with Crippen molar-refractivity contribution in [1.29, 1.82) is 0 Å². The molecule has 0 N–H and O–H groups in total. The van der Waals surface area contributed by atoms with E-state index in [-0.39, 0.29) is 5.41 Å². The lowest BCUT2D eigenvalue weighted by atomic mass is 9.84. The van der Waals surface area contributed by atoms with Crippen molar-refractivity contribution in [1.82, 2.24) is 9.45 Å². The van der Waals surface area contributed by atoms with Crippen molar-refractivity contribution < 1.29 is 0 Å². The molecule has 0 saturated carbocycles. The number of hydrogen-bond acceptors (Lipinski definition) is 3. The van der Waals surface area contributed by atoms with Gasteiger partial charge < -0.3 is 4.90 Å². The third-order valence-electron chi connectivity index (χ3n) is 5.28. The molecule has 2 aliphatic rings. The van der Waals surface area contributed by atoms with Crippen LogP contribution in [0.4, 0.5) is 5.69 Å². The molecule has 0 aliphatic carbocycles. The van der Waals surface area contributed by atoms with E-state index in [1.807, 2.05) is 18.0 Å². The number of rotatable bonds is 3. The van der Waals surface area contributed by atoms with E-state index in [2.05, 4.69) is 73.7 Å². The summed E-state index contributed by atoms with van der Waals surface area (Å²) in [4.78, 5) is 2.32. The molecule has 4 nitrogen and oxygen atoms in total. The minimum atomic E-state index is -2.06. The van der Waals surface area contributed by atoms with Crippen molar-refractivity contribution in [2.45, 2.75) is 33.1 Å². The highest BCUT2D eigenvalue weighted by Crippen LogP contribution is 2.65. The van der Waals surface area contributed by atoms with Gasteiger partial charge in [-0.15, -0.1) is 0 Å². The number of hydrogen-bond donors (Lipinski definition) is 0. The molecule has 1 aromatic carbocycles. The summed E-state index contributed by atoms with van der Waals surface area (Å²) in [6, 6.07) is 8.66. The summed E-state index contributed by atoms with van der Waals surface area (Å²) in [7, 11) is 4.18. The van der Waals surface area contributed by atoms with Crippen LogP contribution in [-0.2, 0) is 17.2 Å². The zero-order chi connectivity index (χ0) is 17.7. The Balaban J connectivity index is 2.26. The number of likely N-dealkylation sites (N-methyl/N-ethyl adjacent to an activating group) is 1. The quantitative estimate of drug-likeness (QED) is 0.751. The van der Waals surface area contributed by atoms with Crippen molar-refractivity contribution in [3.05, 3.63) is 40.8 Å². The first kappa shape index (κ1) is 17.7. The van der Waals surface area contributed by atoms with Crippen molar-refractivity contribution in [3.63, 3.8) is 0 Å². The van der Waals surface area contributed by atoms with E-state index in [1.165, 1.54) is 22.3 Å². The van der Waals surface area contributed by atoms with Crippen LogP contribution in [0, 0.1) is 0 Å². The Labute approximate surface area is 150 Å². The summed E-state index contributed by atoms with van der Waals surface area (Å²) in [5.41, 5.74) is 3.86. The summed E-state index contributed by atoms with van der Waals surface area (Å²) >= 11 is 6.29. The predicted octanol–water partition coefficient (Wildman–Crippen LogP) is 4.21. The molecule has 6 heteroatoms. The highest BCUT2D eigenvalue weighted by atomic mass is 32.4. The lowest BCUT2D eigenvalue weighted by molar-refractivity contribution is 0.459. The summed E-state index contributed by atoms with van der Waals surface area (Å²) in [6.45, 7) is 10.8. The van der Waals surface area contributed by atoms with Crippen molar-refractivity contribution in [3.8, 4) is 0 Å². The number of nitrogens with zero attached hydrogens (tertiary/aromatic N) is 4. The summed E-state index contributed by atoms with van der Waals surface area (Å²) < 4.78 is 4.44. The van der Waals surface area contributed by atoms with E-state index in [0.717, 1.165) is 13.1 Å². The Bertz CT molecular complexity index is 764. The number of anilines is 1. The number of benzene rings is 1. The molecule has 24 heavy (non-hydrogen) atoms. The van der Waals surface area contributed by atoms with E-state index < -0.39 is 6.34 Å². The van der Waals surface area contributed by atoms with E-state index in [0.29, 0.717) is 0 Å². The van der Waals surface area contributed by atoms with E-state index in [9.17, 15) is 0 Å². The second-order valence-corrected chi connectivity index (χ2v) is 11.1. The molecule has 3 rings (SSSR count). The Hall–Kier alpha value is -1.16. The normalized spacial score (nSPS) is 28.1. The molecular formula is C18H27N4PS. The molecule has 0 fully saturated rings. The van der Waals surface area contributed by atoms with Gasteiger partial charge in [0.15, 0.2) is 0 Å². The standard InChI is InChI=1S/C18H27N4PS/c1-7-22(8-2)23(24)16(13-19-21(23)6)17-18(3,4)14-11-9-10-12-15(14)20(17)5/h9-13H,7-8H2,1-6H3/b17-16-/t23-/m0/s1. The summed E-state index contributed by atoms with van der Waals surface area (Å²) in [5.74, 6) is 0. The minimum Gasteiger partial charge on any atom is -0.346 e. The monoisotopic (exact) mass is 362 g/mol. The first-order chi connectivity index (χ1) is 11.3. The second kappa shape index (κ2) is 5.98. The summed E-state index contributed by atoms with van der Waals surface area (Å²) in [6.07, 6.45) is -0.0481. The third-order valence-corrected chi connectivity index (χ3v) is 10.4. The molecule has 0 bridgehead atoms. The van der Waals surface area contributed by atoms with Gasteiger partial charge in [0.1, 0.15) is 6.34 Å². The maximum Gasteiger partial charge on any atom is 0.148 e. The topological polar surface area (TPSA) is 22.1 Å². The van der Waals surface area contributed by atoms with Gasteiger partial charge in [-0.2, -0.15) is 5.10 Å². The molecule has 1 aromatic rings. The Kier molecular flexibility index (Phi) is 4.40. The lowest BCUT2D eigenvalue weighted by Crippen LogP contribution is -2.30. The predicted molar refractivity (Wildman–Crippen MR) is 108 cm³/mol. The maximum atomic E-state index is 6.29. The van der Waals surface area contributed by atoms with Gasteiger partial charge in [-0.25, -0.2) is 0 Å². The van der Waals surface area contributed by atoms with Gasteiger partial charge in [0.05, 0.1) is 11.5 Å². The van der Waals surface area contributed by atoms with Crippen molar-refractivity contribution in [2.24, 2.45) is 5.10 Å². The molecule has 0 radical (unpaired) electrons. The smallest absolute Gasteiger partial charge is 0.148 e. The summed E-state index contributed by atoms with van der Waals surface area (Å²) in [5, 5.41) is 5.85. The molecule has 2 aliphatic heterocycles. The molecule has 0 unspecified atom stereocenters. The number of allylic oxidation sites excluding steroid dienone is 2. The largest absolute Gasteiger partial charge is 0.346 e. The Morgan fingerprint density at radius 1 is 1.17 bits per heavy atom. The van der Waals surface area contributed by atoms with Gasteiger partial charge in [-0.3, -0.25) is 9.45 Å². The third kappa shape index (κ3) is 2.22. The van der Waals surface area contributed by atoms with Crippen LogP contribution < -0.4 is 4.90 Å². The Morgan fingerprint density at radius 3 is 2.38 bits per heavy atom. The molecule has 0 amide bonds. The minimum absolute atomic E-state index is 0.0743. The molecule has 0 spiro atoms. The zero-order valence-corrected chi connectivity index (χ0v) is 17.2. The fourth-order valence-electron chi connectivity index (χ4n) is 4.03. The van der Waals surface area contributed by atoms with Crippen LogP contribution in [0.3, 0.4) is 0 Å². The van der Waals surface area contributed by atoms with Gasteiger partial charge in [0, 0.05) is 44.0 Å². The zero-order valence-electron chi connectivity index (χ0n) is 15.4. The van der Waals surface area contributed by atoms with Gasteiger partial charge in [0.2, 0.25) is 0 Å². The van der Waals surface area contributed by atoms with Crippen molar-refractivity contribution >= 4 is 30.0 Å². The van der Waals surface area contributed by atoms with E-state index >= 15 is 0 Å². The van der Waals surface area contributed by atoms with Gasteiger partial charge in [-0.05, 0) is 11.6 Å². The highest BCUT2D eigenvalue weighted by Gasteiger charge is 2.46. The molecular weight excluding hydrogens is 335 g/mol. The average molecular weight is 362 g/mol. The average Bonchev–Trinajstić information content (AvgIpc) is 2.95. The first-order valence-electron chi connectivity index (χ1n) is 8.52. The van der Waals surface area contributed by atoms with Crippen LogP contribution in [0.15, 0.2) is 40.4 Å². The molecule has 130 valence electrons. The van der Waals surface area contributed by atoms with Gasteiger partial charge in [0.25, 0.3) is 0 Å². The van der Waals surface area contributed by atoms with Crippen molar-refractivity contribution in [2.75, 3.05) is 32.1 Å². The Morgan fingerprint density at radius 2 is 1.79 bits per heavy atom. The molecule has 0 aromatic heterocycles. The van der Waals surface area contributed by atoms with E-state index in [4.69, 9.17) is 11.8 Å².